The van der Waals surface area contributed by atoms with E-state index in [0.717, 1.165) is 23.9 Å². The molecule has 1 fully saturated rings. The van der Waals surface area contributed by atoms with Crippen molar-refractivity contribution in [3.05, 3.63) is 71.8 Å². The Morgan fingerprint density at radius 1 is 1.39 bits per heavy atom. The molecule has 3 rings (SSSR count). The molecule has 18 heteroatoms. The van der Waals surface area contributed by atoms with E-state index in [1.807, 2.05) is 4.98 Å². The number of aromatic nitrogens is 2. The number of aliphatic hydroxyl groups is 1. The topological polar surface area (TPSA) is 207 Å². The highest BCUT2D eigenvalue weighted by atomic mass is 35.5. The summed E-state index contributed by atoms with van der Waals surface area (Å²) >= 11 is 11.9. The molecule has 15 nitrogen and oxygen atoms in total. The fraction of sp³-hybridized carbons (Fsp3) is 0.450. The van der Waals surface area contributed by atoms with Gasteiger partial charge >= 0.3 is 19.4 Å². The third-order valence-corrected chi connectivity index (χ3v) is 7.93. The highest BCUT2D eigenvalue weighted by Crippen LogP contribution is 2.48. The highest BCUT2D eigenvalue weighted by molar-refractivity contribution is 7.52. The molecule has 2 aromatic rings. The molecule has 38 heavy (non-hydrogen) atoms. The van der Waals surface area contributed by atoms with Gasteiger partial charge in [0.15, 0.2) is 6.23 Å². The van der Waals surface area contributed by atoms with Crippen LogP contribution in [0.3, 0.4) is 0 Å². The van der Waals surface area contributed by atoms with Crippen LogP contribution in [0.25, 0.3) is 10.4 Å². The number of carbonyl (C=O) groups excluding carboxylic acids is 1. The van der Waals surface area contributed by atoms with Crippen LogP contribution in [0.4, 0.5) is 0 Å². The second-order valence-electron chi connectivity index (χ2n) is 8.24. The van der Waals surface area contributed by atoms with Gasteiger partial charge < -0.3 is 19.1 Å². The van der Waals surface area contributed by atoms with Crippen LogP contribution in [-0.2, 0) is 23.4 Å². The van der Waals surface area contributed by atoms with Gasteiger partial charge in [-0.3, -0.25) is 23.7 Å². The second-order valence-corrected chi connectivity index (χ2v) is 10.7. The van der Waals surface area contributed by atoms with E-state index in [2.05, 4.69) is 19.9 Å². The van der Waals surface area contributed by atoms with Gasteiger partial charge in [-0.05, 0) is 31.5 Å². The summed E-state index contributed by atoms with van der Waals surface area (Å²) in [6.07, 6.45) is -3.19. The number of aliphatic hydroxyl groups excluding tert-OH is 1. The van der Waals surface area contributed by atoms with Crippen LogP contribution in [-0.4, -0.2) is 58.1 Å². The van der Waals surface area contributed by atoms with E-state index in [1.54, 1.807) is 0 Å². The fourth-order valence-corrected chi connectivity index (χ4v) is 5.38. The Labute approximate surface area is 224 Å². The van der Waals surface area contributed by atoms with Crippen molar-refractivity contribution in [2.75, 3.05) is 13.7 Å². The lowest BCUT2D eigenvalue weighted by atomic mass is 9.93. The van der Waals surface area contributed by atoms with Gasteiger partial charge in [-0.2, -0.15) is 5.09 Å². The molecule has 2 heterocycles. The standard InChI is InChI=1S/C20H23Cl2N6O9P/c1-10(17(31)34-3)25-38(33,37-11-4-5-12(21)13(22)8-11)35-9-14-16(30)20(2,26-27-23)18(36-14)28-7-6-15(29)24-19(28)32/h4-8,10,14,16,18,30H,9H2,1-3H3,(H,25,33)(H,24,29,32)/t10-,14+,16+,18+,20+,38?/m0/s1. The van der Waals surface area contributed by atoms with Crippen molar-refractivity contribution >= 4 is 36.9 Å². The third-order valence-electron chi connectivity index (χ3n) is 5.55. The van der Waals surface area contributed by atoms with E-state index in [-0.39, 0.29) is 15.8 Å². The summed E-state index contributed by atoms with van der Waals surface area (Å²) < 4.78 is 36.0. The number of hydrogen-bond donors (Lipinski definition) is 3. The largest absolute Gasteiger partial charge is 0.468 e. The number of carbonyl (C=O) groups is 1. The Morgan fingerprint density at radius 3 is 2.71 bits per heavy atom. The smallest absolute Gasteiger partial charge is 0.459 e. The molecule has 1 aromatic heterocycles. The number of H-pyrrole nitrogens is 1. The Bertz CT molecular complexity index is 1410. The average molecular weight is 593 g/mol. The number of benzene rings is 1. The van der Waals surface area contributed by atoms with E-state index in [9.17, 15) is 24.1 Å². The Hall–Kier alpha value is -2.87. The molecule has 206 valence electrons. The number of esters is 1. The molecule has 1 saturated heterocycles. The molecule has 1 aliphatic heterocycles. The molecule has 1 aliphatic rings. The van der Waals surface area contributed by atoms with Gasteiger partial charge in [0.2, 0.25) is 0 Å². The summed E-state index contributed by atoms with van der Waals surface area (Å²) in [5.74, 6) is -0.811. The van der Waals surface area contributed by atoms with Crippen molar-refractivity contribution in [3.63, 3.8) is 0 Å². The molecule has 0 spiro atoms. The van der Waals surface area contributed by atoms with Crippen LogP contribution in [0.5, 0.6) is 5.75 Å². The summed E-state index contributed by atoms with van der Waals surface area (Å²) in [5.41, 5.74) is 5.76. The van der Waals surface area contributed by atoms with E-state index >= 15 is 0 Å². The first-order valence-electron chi connectivity index (χ1n) is 10.8. The van der Waals surface area contributed by atoms with Crippen molar-refractivity contribution < 1.29 is 33.0 Å². The highest BCUT2D eigenvalue weighted by Gasteiger charge is 2.55. The lowest BCUT2D eigenvalue weighted by Crippen LogP contribution is -2.45. The first-order chi connectivity index (χ1) is 17.8. The van der Waals surface area contributed by atoms with Crippen LogP contribution in [0.15, 0.2) is 45.2 Å². The lowest BCUT2D eigenvalue weighted by Gasteiger charge is -2.28. The number of azide groups is 1. The van der Waals surface area contributed by atoms with Gasteiger partial charge in [0.1, 0.15) is 23.4 Å². The number of nitrogens with one attached hydrogen (secondary N) is 2. The predicted molar refractivity (Wildman–Crippen MR) is 134 cm³/mol. The number of hydrogen-bond acceptors (Lipinski definition) is 10. The molecule has 0 radical (unpaired) electrons. The average Bonchev–Trinajstić information content (AvgIpc) is 3.09. The van der Waals surface area contributed by atoms with Gasteiger partial charge in [-0.1, -0.05) is 28.3 Å². The maximum absolute atomic E-state index is 13.6. The third kappa shape index (κ3) is 6.40. The Kier molecular flexibility index (Phi) is 9.29. The summed E-state index contributed by atoms with van der Waals surface area (Å²) in [4.78, 5) is 40.5. The Morgan fingerprint density at radius 2 is 2.11 bits per heavy atom. The van der Waals surface area contributed by atoms with Gasteiger partial charge in [-0.25, -0.2) is 9.36 Å². The van der Waals surface area contributed by atoms with Crippen molar-refractivity contribution in [2.24, 2.45) is 5.11 Å². The zero-order valence-corrected chi connectivity index (χ0v) is 22.5. The maximum Gasteiger partial charge on any atom is 0.459 e. The number of rotatable bonds is 10. The van der Waals surface area contributed by atoms with Crippen molar-refractivity contribution in [2.45, 2.75) is 43.9 Å². The minimum absolute atomic E-state index is 0.0308. The van der Waals surface area contributed by atoms with Crippen LogP contribution < -0.4 is 20.9 Å². The van der Waals surface area contributed by atoms with Gasteiger partial charge in [0, 0.05) is 23.2 Å². The van der Waals surface area contributed by atoms with E-state index in [4.69, 9.17) is 42.5 Å². The van der Waals surface area contributed by atoms with Gasteiger partial charge in [-0.15, -0.1) is 0 Å². The van der Waals surface area contributed by atoms with Crippen LogP contribution in [0.1, 0.15) is 20.1 Å². The minimum atomic E-state index is -4.41. The number of nitrogens with zero attached hydrogens (tertiary/aromatic N) is 4. The lowest BCUT2D eigenvalue weighted by molar-refractivity contribution is -0.142. The zero-order chi connectivity index (χ0) is 28.3. The summed E-state index contributed by atoms with van der Waals surface area (Å²) in [5, 5.41) is 17.3. The molecule has 0 amide bonds. The number of halogens is 2. The molecular weight excluding hydrogens is 570 g/mol. The first kappa shape index (κ1) is 29.7. The van der Waals surface area contributed by atoms with Crippen molar-refractivity contribution in [3.8, 4) is 5.75 Å². The second kappa shape index (κ2) is 11.9. The van der Waals surface area contributed by atoms with Crippen LogP contribution in [0.2, 0.25) is 10.0 Å². The van der Waals surface area contributed by atoms with E-state index in [1.165, 1.54) is 32.0 Å². The molecule has 0 saturated carbocycles. The zero-order valence-electron chi connectivity index (χ0n) is 20.1. The van der Waals surface area contributed by atoms with Crippen molar-refractivity contribution in [1.82, 2.24) is 14.6 Å². The molecular formula is C20H23Cl2N6O9P. The van der Waals surface area contributed by atoms with Crippen LogP contribution >= 0.6 is 30.9 Å². The summed E-state index contributed by atoms with van der Waals surface area (Å²) in [7, 11) is -3.28. The van der Waals surface area contributed by atoms with Gasteiger partial charge in [0.05, 0.1) is 29.9 Å². The van der Waals surface area contributed by atoms with Gasteiger partial charge in [0.25, 0.3) is 5.56 Å². The van der Waals surface area contributed by atoms with E-state index < -0.39 is 61.6 Å². The monoisotopic (exact) mass is 592 g/mol. The first-order valence-corrected chi connectivity index (χ1v) is 13.1. The molecule has 0 aliphatic carbocycles. The predicted octanol–water partition coefficient (Wildman–Crippen LogP) is 2.53. The Balaban J connectivity index is 1.90. The molecule has 1 aromatic carbocycles. The quantitative estimate of drug-likeness (QED) is 0.121. The summed E-state index contributed by atoms with van der Waals surface area (Å²) in [6, 6.07) is 3.88. The SMILES string of the molecule is COC(=O)[C@H](C)NP(=O)(OC[C@H]1O[C@@H](n2ccc(=O)[nH]c2=O)[C@](C)(N=[N+]=[N-])[C@@H]1O)Oc1ccc(Cl)c(Cl)c1. The van der Waals surface area contributed by atoms with Crippen LogP contribution in [0, 0.1) is 0 Å². The normalized spacial score (nSPS) is 25.2. The number of aromatic amines is 1. The molecule has 0 bridgehead atoms. The van der Waals surface area contributed by atoms with Crippen molar-refractivity contribution in [1.29, 1.82) is 0 Å². The minimum Gasteiger partial charge on any atom is -0.468 e. The molecule has 6 atom stereocenters. The summed E-state index contributed by atoms with van der Waals surface area (Å²) in [6.45, 7) is 2.03. The fourth-order valence-electron chi connectivity index (χ4n) is 3.60. The molecule has 1 unspecified atom stereocenters. The number of methoxy groups -OCH3 is 1. The molecule has 3 N–H and O–H groups in total. The van der Waals surface area contributed by atoms with E-state index in [0.29, 0.717) is 0 Å². The number of ether oxygens (including phenoxy) is 2. The maximum atomic E-state index is 13.6.